The number of methoxy groups -OCH3 is 1. The van der Waals surface area contributed by atoms with Gasteiger partial charge < -0.3 is 19.7 Å². The zero-order valence-electron chi connectivity index (χ0n) is 19.0. The van der Waals surface area contributed by atoms with Gasteiger partial charge in [0.2, 0.25) is 5.91 Å². The second-order valence-corrected chi connectivity index (χ2v) is 7.84. The number of rotatable bonds is 8. The zero-order valence-corrected chi connectivity index (χ0v) is 19.0. The van der Waals surface area contributed by atoms with E-state index in [1.807, 2.05) is 31.2 Å². The highest BCUT2D eigenvalue weighted by molar-refractivity contribution is 5.98. The van der Waals surface area contributed by atoms with Gasteiger partial charge in [-0.1, -0.05) is 12.1 Å². The maximum Gasteiger partial charge on any atom is 0.292 e. The molecule has 0 saturated carbocycles. The SMILES string of the molecule is COc1ccc(CNc2cc(N(C)C(=O)C(C)N3CCOCC3)c(C)cc2[N+](=O)[O-])cc1. The summed E-state index contributed by atoms with van der Waals surface area (Å²) in [6.07, 6.45) is 0. The fraction of sp³-hybridized carbons (Fsp3) is 0.435. The van der Waals surface area contributed by atoms with Crippen LogP contribution >= 0.6 is 0 Å². The zero-order chi connectivity index (χ0) is 23.3. The van der Waals surface area contributed by atoms with Crippen LogP contribution in [-0.4, -0.2) is 62.2 Å². The van der Waals surface area contributed by atoms with Gasteiger partial charge in [0, 0.05) is 38.4 Å². The Morgan fingerprint density at radius 3 is 2.53 bits per heavy atom. The first-order valence-electron chi connectivity index (χ1n) is 10.6. The van der Waals surface area contributed by atoms with E-state index in [1.54, 1.807) is 32.0 Å². The fourth-order valence-electron chi connectivity index (χ4n) is 3.80. The number of nitro benzene ring substituents is 1. The molecule has 3 rings (SSSR count). The Bertz CT molecular complexity index is 958. The van der Waals surface area contributed by atoms with Crippen molar-refractivity contribution in [1.82, 2.24) is 4.90 Å². The lowest BCUT2D eigenvalue weighted by Gasteiger charge is -2.34. The number of nitro groups is 1. The van der Waals surface area contributed by atoms with Crippen molar-refractivity contribution in [3.05, 3.63) is 57.6 Å². The summed E-state index contributed by atoms with van der Waals surface area (Å²) in [6.45, 7) is 6.68. The van der Waals surface area contributed by atoms with Crippen LogP contribution in [0.25, 0.3) is 0 Å². The number of anilines is 2. The Labute approximate surface area is 188 Å². The van der Waals surface area contributed by atoms with Crippen LogP contribution < -0.4 is 15.0 Å². The Balaban J connectivity index is 1.82. The minimum absolute atomic E-state index is 0.0261. The van der Waals surface area contributed by atoms with E-state index in [2.05, 4.69) is 10.2 Å². The van der Waals surface area contributed by atoms with Gasteiger partial charge in [0.15, 0.2) is 0 Å². The number of carbonyl (C=O) groups excluding carboxylic acids is 1. The summed E-state index contributed by atoms with van der Waals surface area (Å²) in [5.41, 5.74) is 2.59. The third kappa shape index (κ3) is 5.35. The molecule has 0 aliphatic carbocycles. The predicted octanol–water partition coefficient (Wildman–Crippen LogP) is 3.21. The van der Waals surface area contributed by atoms with E-state index in [0.717, 1.165) is 11.3 Å². The predicted molar refractivity (Wildman–Crippen MR) is 123 cm³/mol. The average molecular weight is 443 g/mol. The molecular weight excluding hydrogens is 412 g/mol. The second kappa shape index (κ2) is 10.4. The lowest BCUT2D eigenvalue weighted by atomic mass is 10.1. The van der Waals surface area contributed by atoms with Gasteiger partial charge in [-0.15, -0.1) is 0 Å². The van der Waals surface area contributed by atoms with Gasteiger partial charge in [0.1, 0.15) is 11.4 Å². The van der Waals surface area contributed by atoms with Crippen LogP contribution in [0.4, 0.5) is 17.1 Å². The van der Waals surface area contributed by atoms with E-state index in [9.17, 15) is 14.9 Å². The Hall–Kier alpha value is -3.17. The van der Waals surface area contributed by atoms with Crippen molar-refractivity contribution in [2.45, 2.75) is 26.4 Å². The number of likely N-dealkylation sites (N-methyl/N-ethyl adjacent to an activating group) is 1. The van der Waals surface area contributed by atoms with Crippen LogP contribution in [0.5, 0.6) is 5.75 Å². The minimum Gasteiger partial charge on any atom is -0.497 e. The summed E-state index contributed by atoms with van der Waals surface area (Å²) in [6, 6.07) is 10.3. The molecule has 2 aromatic carbocycles. The summed E-state index contributed by atoms with van der Waals surface area (Å²) < 4.78 is 10.5. The summed E-state index contributed by atoms with van der Waals surface area (Å²) in [7, 11) is 3.31. The summed E-state index contributed by atoms with van der Waals surface area (Å²) in [4.78, 5) is 28.0. The monoisotopic (exact) mass is 442 g/mol. The molecule has 0 aromatic heterocycles. The van der Waals surface area contributed by atoms with Gasteiger partial charge in [0.25, 0.3) is 5.69 Å². The highest BCUT2D eigenvalue weighted by Crippen LogP contribution is 2.33. The van der Waals surface area contributed by atoms with E-state index in [1.165, 1.54) is 6.07 Å². The molecule has 1 aliphatic heterocycles. The van der Waals surface area contributed by atoms with Crippen LogP contribution in [0, 0.1) is 17.0 Å². The molecule has 0 radical (unpaired) electrons. The third-order valence-corrected chi connectivity index (χ3v) is 5.80. The minimum atomic E-state index is -0.411. The number of carbonyl (C=O) groups is 1. The normalized spacial score (nSPS) is 15.1. The van der Waals surface area contributed by atoms with E-state index in [0.29, 0.717) is 49.8 Å². The van der Waals surface area contributed by atoms with Gasteiger partial charge in [-0.3, -0.25) is 19.8 Å². The topological polar surface area (TPSA) is 97.2 Å². The molecule has 1 unspecified atom stereocenters. The number of nitrogens with zero attached hydrogens (tertiary/aromatic N) is 3. The van der Waals surface area contributed by atoms with Gasteiger partial charge in [-0.05, 0) is 43.2 Å². The maximum atomic E-state index is 13.1. The molecule has 1 saturated heterocycles. The molecule has 1 heterocycles. The van der Waals surface area contributed by atoms with Gasteiger partial charge in [-0.2, -0.15) is 0 Å². The average Bonchev–Trinajstić information content (AvgIpc) is 2.82. The highest BCUT2D eigenvalue weighted by atomic mass is 16.6. The molecule has 1 atom stereocenters. The standard InChI is InChI=1S/C23H30N4O5/c1-16-13-22(27(29)30)20(24-15-18-5-7-19(31-4)8-6-18)14-21(16)25(3)23(28)17(2)26-9-11-32-12-10-26/h5-8,13-14,17,24H,9-12,15H2,1-4H3. The molecule has 1 amide bonds. The van der Waals surface area contributed by atoms with Crippen LogP contribution in [-0.2, 0) is 16.1 Å². The van der Waals surface area contributed by atoms with Crippen molar-refractivity contribution in [2.24, 2.45) is 0 Å². The second-order valence-electron chi connectivity index (χ2n) is 7.84. The molecular formula is C23H30N4O5. The first-order valence-corrected chi connectivity index (χ1v) is 10.6. The van der Waals surface area contributed by atoms with Crippen molar-refractivity contribution < 1.29 is 19.2 Å². The summed E-state index contributed by atoms with van der Waals surface area (Å²) >= 11 is 0. The number of morpholine rings is 1. The van der Waals surface area contributed by atoms with Crippen molar-refractivity contribution in [3.63, 3.8) is 0 Å². The lowest BCUT2D eigenvalue weighted by Crippen LogP contribution is -2.50. The fourth-order valence-corrected chi connectivity index (χ4v) is 3.80. The number of hydrogen-bond acceptors (Lipinski definition) is 7. The number of hydrogen-bond donors (Lipinski definition) is 1. The van der Waals surface area contributed by atoms with Gasteiger partial charge in [0.05, 0.1) is 31.3 Å². The molecule has 2 aromatic rings. The van der Waals surface area contributed by atoms with Crippen LogP contribution in [0.3, 0.4) is 0 Å². The van der Waals surface area contributed by atoms with E-state index in [-0.39, 0.29) is 17.6 Å². The highest BCUT2D eigenvalue weighted by Gasteiger charge is 2.28. The van der Waals surface area contributed by atoms with Crippen LogP contribution in [0.1, 0.15) is 18.1 Å². The Morgan fingerprint density at radius 1 is 1.28 bits per heavy atom. The van der Waals surface area contributed by atoms with Gasteiger partial charge in [-0.25, -0.2) is 0 Å². The first kappa shape index (κ1) is 23.5. The molecule has 9 heteroatoms. The number of nitrogens with one attached hydrogen (secondary N) is 1. The summed E-state index contributed by atoms with van der Waals surface area (Å²) in [5.74, 6) is 0.678. The maximum absolute atomic E-state index is 13.1. The van der Waals surface area contributed by atoms with E-state index in [4.69, 9.17) is 9.47 Å². The molecule has 1 N–H and O–H groups in total. The lowest BCUT2D eigenvalue weighted by molar-refractivity contribution is -0.384. The van der Waals surface area contributed by atoms with Crippen molar-refractivity contribution in [3.8, 4) is 5.75 Å². The Kier molecular flexibility index (Phi) is 7.66. The van der Waals surface area contributed by atoms with Crippen molar-refractivity contribution >= 4 is 23.0 Å². The molecule has 0 spiro atoms. The van der Waals surface area contributed by atoms with E-state index < -0.39 is 4.92 Å². The van der Waals surface area contributed by atoms with Crippen LogP contribution in [0.15, 0.2) is 36.4 Å². The third-order valence-electron chi connectivity index (χ3n) is 5.80. The van der Waals surface area contributed by atoms with Crippen LogP contribution in [0.2, 0.25) is 0 Å². The summed E-state index contributed by atoms with van der Waals surface area (Å²) in [5, 5.41) is 14.8. The quantitative estimate of drug-likeness (QED) is 0.495. The Morgan fingerprint density at radius 2 is 1.94 bits per heavy atom. The van der Waals surface area contributed by atoms with Crippen molar-refractivity contribution in [2.75, 3.05) is 50.7 Å². The first-order chi connectivity index (χ1) is 15.3. The van der Waals surface area contributed by atoms with E-state index >= 15 is 0 Å². The van der Waals surface area contributed by atoms with Crippen molar-refractivity contribution in [1.29, 1.82) is 0 Å². The number of aryl methyl sites for hydroxylation is 1. The number of ether oxygens (including phenoxy) is 2. The molecule has 172 valence electrons. The molecule has 1 fully saturated rings. The number of benzene rings is 2. The molecule has 32 heavy (non-hydrogen) atoms. The molecule has 9 nitrogen and oxygen atoms in total. The smallest absolute Gasteiger partial charge is 0.292 e. The van der Waals surface area contributed by atoms with Gasteiger partial charge >= 0.3 is 0 Å². The molecule has 1 aliphatic rings. The molecule has 0 bridgehead atoms. The largest absolute Gasteiger partial charge is 0.497 e. The number of amides is 1.